The van der Waals surface area contributed by atoms with Crippen molar-refractivity contribution < 1.29 is 4.79 Å². The second kappa shape index (κ2) is 3.75. The normalized spacial score (nSPS) is 9.23. The highest BCUT2D eigenvalue weighted by Gasteiger charge is 2.01. The van der Waals surface area contributed by atoms with E-state index in [2.05, 4.69) is 11.6 Å². The van der Waals surface area contributed by atoms with Crippen molar-refractivity contribution in [1.82, 2.24) is 4.98 Å². The molecule has 1 aromatic rings. The number of hydrogen-bond acceptors (Lipinski definition) is 3. The van der Waals surface area contributed by atoms with Crippen molar-refractivity contribution in [2.75, 3.05) is 4.81 Å². The molecule has 0 saturated heterocycles. The van der Waals surface area contributed by atoms with Crippen LogP contribution in [0.1, 0.15) is 5.69 Å². The van der Waals surface area contributed by atoms with Crippen LogP contribution in [0.3, 0.4) is 0 Å². The molecular weight excluding hydrogens is 165 g/mol. The highest BCUT2D eigenvalue weighted by Crippen LogP contribution is 2.13. The third-order valence-electron chi connectivity index (χ3n) is 1.48. The Balaban J connectivity index is 3.04. The molecule has 1 aromatic heterocycles. The maximum atomic E-state index is 10.3. The molecule has 0 aliphatic carbocycles. The summed E-state index contributed by atoms with van der Waals surface area (Å²) in [4.78, 5) is 15.2. The lowest BCUT2D eigenvalue weighted by Gasteiger charge is -2.11. The molecule has 13 heavy (non-hydrogen) atoms. The van der Waals surface area contributed by atoms with Gasteiger partial charge in [0.2, 0.25) is 14.4 Å². The second-order valence-electron chi connectivity index (χ2n) is 2.44. The quantitative estimate of drug-likeness (QED) is 0.519. The summed E-state index contributed by atoms with van der Waals surface area (Å²) in [5.41, 5.74) is 6.78. The number of nitrogens with zero attached hydrogens (tertiary/aromatic N) is 2. The van der Waals surface area contributed by atoms with Gasteiger partial charge in [-0.1, -0.05) is 6.58 Å². The fourth-order valence-corrected chi connectivity index (χ4v) is 0.816. The minimum Gasteiger partial charge on any atom is -0.397 e. The first-order valence-corrected chi connectivity index (χ1v) is 3.55. The van der Waals surface area contributed by atoms with E-state index in [-0.39, 0.29) is 0 Å². The van der Waals surface area contributed by atoms with E-state index in [9.17, 15) is 4.79 Å². The molecule has 4 nitrogen and oxygen atoms in total. The Morgan fingerprint density at radius 3 is 3.00 bits per heavy atom. The monoisotopic (exact) mass is 173 g/mol. The van der Waals surface area contributed by atoms with Crippen LogP contribution < -0.4 is 10.5 Å². The zero-order valence-electron chi connectivity index (χ0n) is 6.97. The molecule has 0 aromatic carbocycles. The van der Waals surface area contributed by atoms with Crippen molar-refractivity contribution in [2.24, 2.45) is 5.73 Å². The van der Waals surface area contributed by atoms with Gasteiger partial charge in [0.1, 0.15) is 0 Å². The minimum atomic E-state index is 0.334. The zero-order chi connectivity index (χ0) is 9.84. The molecule has 0 aliphatic rings. The van der Waals surface area contributed by atoms with Crippen molar-refractivity contribution in [3.05, 3.63) is 30.6 Å². The summed E-state index contributed by atoms with van der Waals surface area (Å²) in [7, 11) is 5.33. The molecule has 1 amide bonds. The van der Waals surface area contributed by atoms with Crippen molar-refractivity contribution in [1.29, 1.82) is 0 Å². The summed E-state index contributed by atoms with van der Waals surface area (Å²) >= 11 is 0. The van der Waals surface area contributed by atoms with Gasteiger partial charge in [-0.25, -0.2) is 0 Å². The molecule has 0 aliphatic heterocycles. The number of hydrogen-bond donors (Lipinski definition) is 1. The maximum absolute atomic E-state index is 10.3. The average molecular weight is 173 g/mol. The van der Waals surface area contributed by atoms with Gasteiger partial charge in [0.25, 0.3) is 0 Å². The fraction of sp³-hybridized carbons (Fsp3) is 0. The van der Waals surface area contributed by atoms with E-state index in [1.54, 1.807) is 12.1 Å². The number of rotatable bonds is 3. The SMILES string of the molecule is [B]N(C=O)c1ccnc(C(=C)N)c1. The highest BCUT2D eigenvalue weighted by molar-refractivity contribution is 6.26. The molecule has 0 spiro atoms. The van der Waals surface area contributed by atoms with Crippen LogP contribution in [0, 0.1) is 0 Å². The van der Waals surface area contributed by atoms with Crippen LogP contribution in [-0.4, -0.2) is 19.4 Å². The summed E-state index contributed by atoms with van der Waals surface area (Å²) in [6.45, 7) is 3.52. The zero-order valence-corrected chi connectivity index (χ0v) is 6.97. The average Bonchev–Trinajstić information content (AvgIpc) is 2.17. The molecule has 0 saturated carbocycles. The lowest BCUT2D eigenvalue weighted by molar-refractivity contribution is -0.106. The molecule has 64 valence electrons. The van der Waals surface area contributed by atoms with Crippen LogP contribution >= 0.6 is 0 Å². The lowest BCUT2D eigenvalue weighted by Crippen LogP contribution is -2.16. The first kappa shape index (κ1) is 9.31. The van der Waals surface area contributed by atoms with Gasteiger partial charge >= 0.3 is 0 Å². The maximum Gasteiger partial charge on any atom is 0.238 e. The lowest BCUT2D eigenvalue weighted by atomic mass is 10.2. The van der Waals surface area contributed by atoms with Gasteiger partial charge in [-0.05, 0) is 12.1 Å². The predicted molar refractivity (Wildman–Crippen MR) is 51.8 cm³/mol. The minimum absolute atomic E-state index is 0.334. The number of anilines is 1. The molecule has 2 N–H and O–H groups in total. The Morgan fingerprint density at radius 2 is 2.46 bits per heavy atom. The standard InChI is InChI=1S/C8H8BN3O/c1-6(10)8-4-7(2-3-11-8)12(9)5-13/h2-5H,1,10H2. The molecule has 1 heterocycles. The second-order valence-corrected chi connectivity index (χ2v) is 2.44. The molecule has 1 rings (SSSR count). The third-order valence-corrected chi connectivity index (χ3v) is 1.48. The van der Waals surface area contributed by atoms with Crippen molar-refractivity contribution in [3.63, 3.8) is 0 Å². The van der Waals surface area contributed by atoms with E-state index < -0.39 is 0 Å². The first-order chi connectivity index (χ1) is 6.15. The van der Waals surface area contributed by atoms with Crippen LogP contribution in [0.25, 0.3) is 5.70 Å². The van der Waals surface area contributed by atoms with Gasteiger partial charge in [-0.3, -0.25) is 9.78 Å². The van der Waals surface area contributed by atoms with E-state index in [1.807, 2.05) is 0 Å². The van der Waals surface area contributed by atoms with E-state index in [4.69, 9.17) is 13.7 Å². The summed E-state index contributed by atoms with van der Waals surface area (Å²) in [5.74, 6) is 0. The number of amides is 1. The molecule has 0 atom stereocenters. The first-order valence-electron chi connectivity index (χ1n) is 3.55. The largest absolute Gasteiger partial charge is 0.397 e. The summed E-state index contributed by atoms with van der Waals surface area (Å²) < 4.78 is 0. The van der Waals surface area contributed by atoms with Gasteiger partial charge in [-0.15, -0.1) is 0 Å². The molecule has 2 radical (unpaired) electrons. The van der Waals surface area contributed by atoms with E-state index >= 15 is 0 Å². The highest BCUT2D eigenvalue weighted by atomic mass is 16.1. The number of pyridine rings is 1. The fourth-order valence-electron chi connectivity index (χ4n) is 0.816. The molecule has 5 heteroatoms. The van der Waals surface area contributed by atoms with Gasteiger partial charge in [0.05, 0.1) is 11.4 Å². The Morgan fingerprint density at radius 1 is 1.77 bits per heavy atom. The van der Waals surface area contributed by atoms with Crippen molar-refractivity contribution in [2.45, 2.75) is 0 Å². The van der Waals surface area contributed by atoms with E-state index in [0.717, 1.165) is 4.81 Å². The van der Waals surface area contributed by atoms with E-state index in [1.165, 1.54) is 6.20 Å². The Labute approximate surface area is 77.5 Å². The van der Waals surface area contributed by atoms with Crippen molar-refractivity contribution >= 4 is 25.8 Å². The van der Waals surface area contributed by atoms with Gasteiger partial charge in [0.15, 0.2) is 0 Å². The van der Waals surface area contributed by atoms with Crippen LogP contribution in [0.5, 0.6) is 0 Å². The van der Waals surface area contributed by atoms with Crippen molar-refractivity contribution in [3.8, 4) is 0 Å². The molecule has 0 bridgehead atoms. The smallest absolute Gasteiger partial charge is 0.238 e. The summed E-state index contributed by atoms with van der Waals surface area (Å²) in [6.07, 6.45) is 2.00. The third kappa shape index (κ3) is 2.08. The molecule has 0 fully saturated rings. The van der Waals surface area contributed by atoms with Gasteiger partial charge in [-0.2, -0.15) is 0 Å². The summed E-state index contributed by atoms with van der Waals surface area (Å²) in [6, 6.07) is 3.18. The number of carbonyl (C=O) groups is 1. The topological polar surface area (TPSA) is 59.2 Å². The van der Waals surface area contributed by atoms with Crippen LogP contribution in [0.4, 0.5) is 5.69 Å². The van der Waals surface area contributed by atoms with Crippen LogP contribution in [0.2, 0.25) is 0 Å². The molecule has 0 unspecified atom stereocenters. The Kier molecular flexibility index (Phi) is 2.69. The Bertz CT molecular complexity index is 340. The van der Waals surface area contributed by atoms with Gasteiger partial charge < -0.3 is 10.5 Å². The number of carbonyl (C=O) groups excluding carboxylic acids is 1. The van der Waals surface area contributed by atoms with Crippen LogP contribution in [-0.2, 0) is 4.79 Å². The van der Waals surface area contributed by atoms with E-state index in [0.29, 0.717) is 23.5 Å². The molecular formula is C8H8BN3O. The number of nitrogens with two attached hydrogens (primary N) is 1. The Hall–Kier alpha value is -1.78. The van der Waals surface area contributed by atoms with Crippen LogP contribution in [0.15, 0.2) is 24.9 Å². The summed E-state index contributed by atoms with van der Waals surface area (Å²) in [5, 5.41) is 0. The number of aromatic nitrogens is 1. The predicted octanol–water partition coefficient (Wildman–Crippen LogP) is 0.0573. The van der Waals surface area contributed by atoms with Gasteiger partial charge in [0, 0.05) is 11.9 Å².